The summed E-state index contributed by atoms with van der Waals surface area (Å²) in [5, 5.41) is 21.2. The van der Waals surface area contributed by atoms with Crippen molar-refractivity contribution in [1.29, 1.82) is 0 Å². The Morgan fingerprint density at radius 3 is 2.31 bits per heavy atom. The Morgan fingerprint density at radius 1 is 1.25 bits per heavy atom. The number of ether oxygens (including phenoxy) is 1. The molecule has 0 radical (unpaired) electrons. The van der Waals surface area contributed by atoms with E-state index in [4.69, 9.17) is 14.9 Å². The molecule has 1 aliphatic heterocycles. The molecule has 0 aliphatic carbocycles. The molecule has 3 N–H and O–H groups in total. The molecule has 1 fully saturated rings. The lowest BCUT2D eigenvalue weighted by molar-refractivity contribution is 0.0202. The molecular weight excluding hydrogens is 206 g/mol. The predicted octanol–water partition coefficient (Wildman–Crippen LogP) is 0.382. The molecule has 4 heteroatoms. The molecule has 1 saturated heterocycles. The van der Waals surface area contributed by atoms with Gasteiger partial charge in [0.1, 0.15) is 0 Å². The van der Waals surface area contributed by atoms with Gasteiger partial charge in [-0.1, -0.05) is 13.8 Å². The van der Waals surface area contributed by atoms with Gasteiger partial charge >= 0.3 is 0 Å². The van der Waals surface area contributed by atoms with Crippen LogP contribution in [-0.4, -0.2) is 49.2 Å². The third kappa shape index (κ3) is 4.01. The Morgan fingerprint density at radius 2 is 1.81 bits per heavy atom. The van der Waals surface area contributed by atoms with Gasteiger partial charge in [0, 0.05) is 19.8 Å². The number of aliphatic hydroxyl groups excluding tert-OH is 2. The quantitative estimate of drug-likeness (QED) is 0.618. The molecule has 0 bridgehead atoms. The highest BCUT2D eigenvalue weighted by Gasteiger charge is 2.31. The topological polar surface area (TPSA) is 61.7 Å². The Labute approximate surface area is 98.0 Å². The number of hydrogen-bond acceptors (Lipinski definition) is 4. The first-order chi connectivity index (χ1) is 7.60. The molecule has 4 nitrogen and oxygen atoms in total. The van der Waals surface area contributed by atoms with Crippen LogP contribution < -0.4 is 5.32 Å². The maximum Gasteiger partial charge on any atom is 0.0607 e. The van der Waals surface area contributed by atoms with E-state index in [-0.39, 0.29) is 24.7 Å². The maximum absolute atomic E-state index is 8.99. The van der Waals surface area contributed by atoms with Gasteiger partial charge in [-0.15, -0.1) is 0 Å². The molecular formula is C12H25NO3. The summed E-state index contributed by atoms with van der Waals surface area (Å²) in [6.07, 6.45) is 2.22. The first-order valence-electron chi connectivity index (χ1n) is 6.13. The minimum Gasteiger partial charge on any atom is -0.395 e. The smallest absolute Gasteiger partial charge is 0.0607 e. The van der Waals surface area contributed by atoms with Crippen LogP contribution in [0, 0.1) is 11.3 Å². The van der Waals surface area contributed by atoms with E-state index in [1.807, 2.05) is 0 Å². The lowest BCUT2D eigenvalue weighted by atomic mass is 9.74. The third-order valence-electron chi connectivity index (χ3n) is 3.61. The van der Waals surface area contributed by atoms with Crippen LogP contribution in [0.2, 0.25) is 0 Å². The molecule has 0 spiro atoms. The van der Waals surface area contributed by atoms with Crippen molar-refractivity contribution in [3.05, 3.63) is 0 Å². The summed E-state index contributed by atoms with van der Waals surface area (Å²) in [5.74, 6) is 0.659. The lowest BCUT2D eigenvalue weighted by Gasteiger charge is -2.38. The number of aliphatic hydroxyl groups is 2. The highest BCUT2D eigenvalue weighted by molar-refractivity contribution is 4.83. The maximum atomic E-state index is 8.99. The van der Waals surface area contributed by atoms with Crippen molar-refractivity contribution in [3.8, 4) is 0 Å². The minimum atomic E-state index is -0.195. The van der Waals surface area contributed by atoms with Crippen molar-refractivity contribution in [2.45, 2.75) is 32.7 Å². The first kappa shape index (κ1) is 13.9. The highest BCUT2D eigenvalue weighted by Crippen LogP contribution is 2.33. The van der Waals surface area contributed by atoms with E-state index in [0.29, 0.717) is 5.92 Å². The van der Waals surface area contributed by atoms with E-state index in [0.717, 1.165) is 32.6 Å². The van der Waals surface area contributed by atoms with Gasteiger partial charge in [-0.05, 0) is 24.2 Å². The second kappa shape index (κ2) is 6.55. The van der Waals surface area contributed by atoms with Crippen molar-refractivity contribution in [3.63, 3.8) is 0 Å². The van der Waals surface area contributed by atoms with Gasteiger partial charge in [0.05, 0.1) is 19.3 Å². The molecule has 1 heterocycles. The zero-order valence-electron chi connectivity index (χ0n) is 10.4. The monoisotopic (exact) mass is 231 g/mol. The average Bonchev–Trinajstić information content (AvgIpc) is 2.31. The van der Waals surface area contributed by atoms with Gasteiger partial charge in [0.15, 0.2) is 0 Å². The van der Waals surface area contributed by atoms with Crippen LogP contribution in [0.1, 0.15) is 26.7 Å². The fourth-order valence-electron chi connectivity index (χ4n) is 2.22. The molecule has 0 saturated carbocycles. The molecule has 1 rings (SSSR count). The Balaban J connectivity index is 2.37. The van der Waals surface area contributed by atoms with Crippen LogP contribution in [0.4, 0.5) is 0 Å². The first-order valence-corrected chi connectivity index (χ1v) is 6.13. The normalized spacial score (nSPS) is 19.3. The van der Waals surface area contributed by atoms with Crippen molar-refractivity contribution >= 4 is 0 Å². The molecule has 16 heavy (non-hydrogen) atoms. The fraction of sp³-hybridized carbons (Fsp3) is 1.00. The molecule has 1 aliphatic rings. The van der Waals surface area contributed by atoms with Gasteiger partial charge in [0.25, 0.3) is 0 Å². The van der Waals surface area contributed by atoms with Crippen LogP contribution in [0.15, 0.2) is 0 Å². The summed E-state index contributed by atoms with van der Waals surface area (Å²) in [4.78, 5) is 0. The van der Waals surface area contributed by atoms with E-state index in [2.05, 4.69) is 19.2 Å². The van der Waals surface area contributed by atoms with Gasteiger partial charge in [-0.3, -0.25) is 0 Å². The summed E-state index contributed by atoms with van der Waals surface area (Å²) in [5.41, 5.74) is 0.187. The standard InChI is InChI=1S/C12H25NO3/c1-12(2,9-13-11(7-14)8-15)10-3-5-16-6-4-10/h10-11,13-15H,3-9H2,1-2H3. The summed E-state index contributed by atoms with van der Waals surface area (Å²) < 4.78 is 5.36. The second-order valence-corrected chi connectivity index (χ2v) is 5.32. The number of nitrogens with one attached hydrogen (secondary N) is 1. The van der Waals surface area contributed by atoms with E-state index in [1.54, 1.807) is 0 Å². The zero-order chi connectivity index (χ0) is 12.0. The van der Waals surface area contributed by atoms with E-state index in [1.165, 1.54) is 0 Å². The highest BCUT2D eigenvalue weighted by atomic mass is 16.5. The molecule has 0 amide bonds. The molecule has 0 aromatic carbocycles. The molecule has 0 unspecified atom stereocenters. The Kier molecular flexibility index (Phi) is 5.69. The molecule has 0 aromatic rings. The van der Waals surface area contributed by atoms with Gasteiger partial charge in [0.2, 0.25) is 0 Å². The van der Waals surface area contributed by atoms with Crippen LogP contribution in [0.5, 0.6) is 0 Å². The van der Waals surface area contributed by atoms with Crippen LogP contribution in [0.25, 0.3) is 0 Å². The summed E-state index contributed by atoms with van der Waals surface area (Å²) in [7, 11) is 0. The Hall–Kier alpha value is -0.160. The average molecular weight is 231 g/mol. The predicted molar refractivity (Wildman–Crippen MR) is 63.3 cm³/mol. The molecule has 0 aromatic heterocycles. The summed E-state index contributed by atoms with van der Waals surface area (Å²) in [6.45, 7) is 6.99. The van der Waals surface area contributed by atoms with Crippen molar-refractivity contribution in [1.82, 2.24) is 5.32 Å². The largest absolute Gasteiger partial charge is 0.395 e. The lowest BCUT2D eigenvalue weighted by Crippen LogP contribution is -2.44. The fourth-order valence-corrected chi connectivity index (χ4v) is 2.22. The van der Waals surface area contributed by atoms with Crippen molar-refractivity contribution < 1.29 is 14.9 Å². The summed E-state index contributed by atoms with van der Waals surface area (Å²) in [6, 6.07) is -0.195. The van der Waals surface area contributed by atoms with E-state index < -0.39 is 0 Å². The second-order valence-electron chi connectivity index (χ2n) is 5.32. The Bertz CT molecular complexity index is 187. The van der Waals surface area contributed by atoms with Crippen LogP contribution >= 0.6 is 0 Å². The number of hydrogen-bond donors (Lipinski definition) is 3. The van der Waals surface area contributed by atoms with Crippen molar-refractivity contribution in [2.75, 3.05) is 33.0 Å². The number of rotatable bonds is 6. The van der Waals surface area contributed by atoms with Gasteiger partial charge in [-0.25, -0.2) is 0 Å². The van der Waals surface area contributed by atoms with Gasteiger partial charge in [-0.2, -0.15) is 0 Å². The van der Waals surface area contributed by atoms with Crippen LogP contribution in [0.3, 0.4) is 0 Å². The third-order valence-corrected chi connectivity index (χ3v) is 3.61. The molecule has 96 valence electrons. The summed E-state index contributed by atoms with van der Waals surface area (Å²) >= 11 is 0. The SMILES string of the molecule is CC(C)(CNC(CO)CO)C1CCOCC1. The zero-order valence-corrected chi connectivity index (χ0v) is 10.4. The van der Waals surface area contributed by atoms with Gasteiger partial charge < -0.3 is 20.3 Å². The van der Waals surface area contributed by atoms with Crippen LogP contribution in [-0.2, 0) is 4.74 Å². The minimum absolute atomic E-state index is 0.0135. The van der Waals surface area contributed by atoms with E-state index in [9.17, 15) is 0 Å². The van der Waals surface area contributed by atoms with Crippen molar-refractivity contribution in [2.24, 2.45) is 11.3 Å². The van der Waals surface area contributed by atoms with E-state index >= 15 is 0 Å². The molecule has 0 atom stereocenters.